The van der Waals surface area contributed by atoms with E-state index in [4.69, 9.17) is 34.5 Å². The number of carbonyl (C=O) groups excluding carboxylic acids is 2. The highest BCUT2D eigenvalue weighted by Gasteiger charge is 2.34. The number of benzene rings is 3. The van der Waals surface area contributed by atoms with Gasteiger partial charge >= 0.3 is 18.0 Å². The molecule has 4 N–H and O–H groups in total. The number of halogens is 2. The Morgan fingerprint density at radius 1 is 0.804 bits per heavy atom. The normalized spacial score (nSPS) is 12.2. The molecular formula is C33H42F2N2O7Si2. The Hall–Kier alpha value is -4.21. The van der Waals surface area contributed by atoms with Crippen LogP contribution in [0, 0.1) is 0 Å². The monoisotopic (exact) mass is 672 g/mol. The molecule has 0 spiro atoms. The second-order valence-electron chi connectivity index (χ2n) is 12.2. The van der Waals surface area contributed by atoms with Gasteiger partial charge in [0.15, 0.2) is 16.6 Å². The van der Waals surface area contributed by atoms with Crippen molar-refractivity contribution in [2.75, 3.05) is 31.3 Å². The molecule has 0 bridgehead atoms. The molecule has 0 aliphatic rings. The van der Waals surface area contributed by atoms with E-state index in [0.717, 1.165) is 12.5 Å². The molecule has 3 aromatic rings. The number of nitrogens with two attached hydrogens (primary N) is 2. The van der Waals surface area contributed by atoms with Crippen LogP contribution in [-0.4, -0.2) is 48.4 Å². The smallest absolute Gasteiger partial charge is 0.426 e. The molecule has 0 heterocycles. The molecule has 0 unspecified atom stereocenters. The van der Waals surface area contributed by atoms with E-state index in [1.54, 1.807) is 0 Å². The minimum atomic E-state index is -3.58. The van der Waals surface area contributed by atoms with E-state index in [1.807, 2.05) is 0 Å². The van der Waals surface area contributed by atoms with Crippen LogP contribution in [0.4, 0.5) is 20.2 Å². The van der Waals surface area contributed by atoms with Gasteiger partial charge in [-0.2, -0.15) is 8.78 Å². The predicted molar refractivity (Wildman–Crippen MR) is 180 cm³/mol. The summed E-state index contributed by atoms with van der Waals surface area (Å²) in [6.45, 7) is 11.1. The van der Waals surface area contributed by atoms with Crippen LogP contribution in [0.3, 0.4) is 0 Å². The van der Waals surface area contributed by atoms with Gasteiger partial charge in [0.05, 0.1) is 17.7 Å². The first-order valence-electron chi connectivity index (χ1n) is 14.8. The molecule has 248 valence electrons. The minimum absolute atomic E-state index is 0.0545. The predicted octanol–water partition coefficient (Wildman–Crippen LogP) is 7.22. The van der Waals surface area contributed by atoms with Gasteiger partial charge in [0.1, 0.15) is 24.7 Å². The topological polar surface area (TPSA) is 132 Å². The maximum absolute atomic E-state index is 14.8. The van der Waals surface area contributed by atoms with Crippen LogP contribution in [0.5, 0.6) is 11.5 Å². The Labute approximate surface area is 270 Å². The SMILES string of the molecule is C[Si](C)(C)O[Si](C)(C)CCCOc1ccc(C(F)(F)Oc2ccc(C=CC(=O)OCCOC(=O)c3cc(N)cc(N)c3)cc2)cc1. The van der Waals surface area contributed by atoms with Crippen LogP contribution in [-0.2, 0) is 24.5 Å². The molecule has 3 rings (SSSR count). The van der Waals surface area contributed by atoms with Crippen molar-refractivity contribution >= 4 is 46.0 Å². The number of ether oxygens (including phenoxy) is 4. The molecule has 0 saturated heterocycles. The Kier molecular flexibility index (Phi) is 12.5. The van der Waals surface area contributed by atoms with Gasteiger partial charge in [-0.3, -0.25) is 0 Å². The van der Waals surface area contributed by atoms with Gasteiger partial charge in [0.25, 0.3) is 0 Å². The fourth-order valence-corrected chi connectivity index (χ4v) is 12.6. The molecule has 0 atom stereocenters. The molecule has 0 fully saturated rings. The summed E-state index contributed by atoms with van der Waals surface area (Å²) in [7, 11) is -3.36. The highest BCUT2D eigenvalue weighted by atomic mass is 28.4. The number of hydrogen-bond donors (Lipinski definition) is 2. The van der Waals surface area contributed by atoms with Crippen molar-refractivity contribution in [1.82, 2.24) is 0 Å². The second-order valence-corrected chi connectivity index (χ2v) is 21.2. The lowest BCUT2D eigenvalue weighted by Crippen LogP contribution is -2.42. The number of rotatable bonds is 16. The van der Waals surface area contributed by atoms with Crippen LogP contribution < -0.4 is 20.9 Å². The van der Waals surface area contributed by atoms with E-state index in [1.165, 1.54) is 78.9 Å². The average Bonchev–Trinajstić information content (AvgIpc) is 2.95. The molecule has 0 aliphatic heterocycles. The van der Waals surface area contributed by atoms with E-state index in [0.29, 0.717) is 29.3 Å². The van der Waals surface area contributed by atoms with Gasteiger partial charge in [-0.25, -0.2) is 9.59 Å². The van der Waals surface area contributed by atoms with Gasteiger partial charge < -0.3 is 34.5 Å². The third kappa shape index (κ3) is 12.7. The van der Waals surface area contributed by atoms with E-state index in [9.17, 15) is 18.4 Å². The number of esters is 2. The fourth-order valence-electron chi connectivity index (χ4n) is 4.53. The average molecular weight is 673 g/mol. The summed E-state index contributed by atoms with van der Waals surface area (Å²) in [6.07, 6.45) is -0.130. The maximum atomic E-state index is 14.8. The quantitative estimate of drug-likeness (QED) is 0.0532. The van der Waals surface area contributed by atoms with E-state index in [2.05, 4.69) is 32.7 Å². The Morgan fingerprint density at radius 2 is 1.39 bits per heavy atom. The van der Waals surface area contributed by atoms with Crippen molar-refractivity contribution < 1.29 is 41.4 Å². The lowest BCUT2D eigenvalue weighted by molar-refractivity contribution is -0.185. The first-order valence-corrected chi connectivity index (χ1v) is 21.3. The third-order valence-corrected chi connectivity index (χ3v) is 12.5. The van der Waals surface area contributed by atoms with Crippen molar-refractivity contribution in [3.05, 3.63) is 89.5 Å². The van der Waals surface area contributed by atoms with Gasteiger partial charge in [0.2, 0.25) is 0 Å². The van der Waals surface area contributed by atoms with Crippen molar-refractivity contribution in [2.24, 2.45) is 0 Å². The second kappa shape index (κ2) is 15.9. The zero-order valence-corrected chi connectivity index (χ0v) is 28.8. The molecule has 0 radical (unpaired) electrons. The van der Waals surface area contributed by atoms with Crippen LogP contribution in [0.25, 0.3) is 6.08 Å². The van der Waals surface area contributed by atoms with Gasteiger partial charge in [-0.05, 0) is 111 Å². The fraction of sp³-hybridized carbons (Fsp3) is 0.333. The number of alkyl halides is 2. The lowest BCUT2D eigenvalue weighted by Gasteiger charge is -2.31. The largest absolute Gasteiger partial charge is 0.494 e. The van der Waals surface area contributed by atoms with Gasteiger partial charge in [-0.15, -0.1) is 0 Å². The molecule has 13 heteroatoms. The van der Waals surface area contributed by atoms with Crippen molar-refractivity contribution in [3.8, 4) is 11.5 Å². The van der Waals surface area contributed by atoms with Crippen molar-refractivity contribution in [3.63, 3.8) is 0 Å². The zero-order chi connectivity index (χ0) is 34.0. The van der Waals surface area contributed by atoms with Gasteiger partial charge in [0, 0.05) is 17.5 Å². The highest BCUT2D eigenvalue weighted by molar-refractivity contribution is 6.84. The van der Waals surface area contributed by atoms with Crippen LogP contribution in [0.15, 0.2) is 72.8 Å². The molecule has 0 aromatic heterocycles. The summed E-state index contributed by atoms with van der Waals surface area (Å²) >= 11 is 0. The number of carbonyl (C=O) groups is 2. The number of nitrogen functional groups attached to an aromatic ring is 2. The van der Waals surface area contributed by atoms with Crippen LogP contribution >= 0.6 is 0 Å². The summed E-state index contributed by atoms with van der Waals surface area (Å²) in [5.74, 6) is -0.879. The van der Waals surface area contributed by atoms with E-state index in [-0.39, 0.29) is 30.1 Å². The van der Waals surface area contributed by atoms with E-state index < -0.39 is 34.7 Å². The highest BCUT2D eigenvalue weighted by Crippen LogP contribution is 2.33. The summed E-state index contributed by atoms with van der Waals surface area (Å²) in [4.78, 5) is 24.1. The lowest BCUT2D eigenvalue weighted by atomic mass is 10.2. The Bertz CT molecular complexity index is 1470. The summed E-state index contributed by atoms with van der Waals surface area (Å²) in [5.41, 5.74) is 12.4. The summed E-state index contributed by atoms with van der Waals surface area (Å²) in [6, 6.07) is 16.6. The van der Waals surface area contributed by atoms with Crippen molar-refractivity contribution in [1.29, 1.82) is 0 Å². The first-order chi connectivity index (χ1) is 21.5. The molecule has 0 aliphatic carbocycles. The third-order valence-electron chi connectivity index (χ3n) is 6.28. The zero-order valence-electron chi connectivity index (χ0n) is 26.8. The minimum Gasteiger partial charge on any atom is -0.494 e. The molecule has 3 aromatic carbocycles. The van der Waals surface area contributed by atoms with E-state index >= 15 is 0 Å². The van der Waals surface area contributed by atoms with Crippen LogP contribution in [0.1, 0.15) is 27.9 Å². The number of anilines is 2. The Morgan fingerprint density at radius 3 is 2.00 bits per heavy atom. The molecule has 0 saturated carbocycles. The number of hydrogen-bond acceptors (Lipinski definition) is 9. The van der Waals surface area contributed by atoms with Gasteiger partial charge in [-0.1, -0.05) is 12.1 Å². The summed E-state index contributed by atoms with van der Waals surface area (Å²) in [5, 5.41) is 0. The molecule has 46 heavy (non-hydrogen) atoms. The molecule has 9 nitrogen and oxygen atoms in total. The maximum Gasteiger partial charge on any atom is 0.426 e. The standard InChI is InChI=1S/C33H42F2N2O7Si2/c1-45(2,3)44-46(4,5)20-6-17-40-29-14-10-26(11-15-29)33(34,35)43-30-12-7-24(8-13-30)9-16-31(38)41-18-19-42-32(39)25-21-27(36)23-28(37)22-25/h7-16,21-23H,6,17-20,36-37H2,1-5H3. The molecule has 0 amide bonds. The molecular weight excluding hydrogens is 631 g/mol. The van der Waals surface area contributed by atoms with Crippen molar-refractivity contribution in [2.45, 2.75) is 51.3 Å². The van der Waals surface area contributed by atoms with Crippen LogP contribution in [0.2, 0.25) is 38.8 Å². The summed E-state index contributed by atoms with van der Waals surface area (Å²) < 4.78 is 56.8. The first kappa shape index (κ1) is 36.3. The Balaban J connectivity index is 1.41.